The smallest absolute Gasteiger partial charge is 0.269 e. The molecule has 0 fully saturated rings. The number of aliphatic hydroxyl groups is 1. The lowest BCUT2D eigenvalue weighted by molar-refractivity contribution is -0.140. The summed E-state index contributed by atoms with van der Waals surface area (Å²) in [4.78, 5) is 11.4. The molecule has 22 heavy (non-hydrogen) atoms. The summed E-state index contributed by atoms with van der Waals surface area (Å²) < 4.78 is 5.67. The van der Waals surface area contributed by atoms with Crippen molar-refractivity contribution in [3.05, 3.63) is 65.7 Å². The van der Waals surface area contributed by atoms with Crippen LogP contribution in [0.5, 0.6) is 5.75 Å². The van der Waals surface area contributed by atoms with Gasteiger partial charge in [-0.05, 0) is 17.7 Å². The highest BCUT2D eigenvalue weighted by molar-refractivity contribution is 7.82. The lowest BCUT2D eigenvalue weighted by atomic mass is 10.1. The van der Waals surface area contributed by atoms with Gasteiger partial charge in [0.15, 0.2) is 0 Å². The molecule has 4 nitrogen and oxygen atoms in total. The molecule has 1 atom stereocenters. The number of carbonyl (C=O) groups is 1. The Balaban J connectivity index is 2.05. The fraction of sp³-hybridized carbons (Fsp3) is 0.235. The van der Waals surface area contributed by atoms with Gasteiger partial charge in [-0.1, -0.05) is 42.5 Å². The number of carbonyl (C=O) groups excluding carboxylic acids is 1. The quantitative estimate of drug-likeness (QED) is 0.658. The van der Waals surface area contributed by atoms with Crippen molar-refractivity contribution >= 4 is 18.5 Å². The van der Waals surface area contributed by atoms with E-state index >= 15 is 0 Å². The van der Waals surface area contributed by atoms with Gasteiger partial charge in [0.2, 0.25) is 4.93 Å². The average Bonchev–Trinajstić information content (AvgIpc) is 2.53. The van der Waals surface area contributed by atoms with Gasteiger partial charge in [0.25, 0.3) is 5.91 Å². The van der Waals surface area contributed by atoms with E-state index in [-0.39, 0.29) is 0 Å². The van der Waals surface area contributed by atoms with Crippen molar-refractivity contribution in [2.24, 2.45) is 0 Å². The Hall–Kier alpha value is -1.98. The van der Waals surface area contributed by atoms with Gasteiger partial charge in [0.1, 0.15) is 12.4 Å². The monoisotopic (exact) mass is 317 g/mol. The van der Waals surface area contributed by atoms with Crippen LogP contribution in [0, 0.1) is 0 Å². The standard InChI is InChI=1S/C17H19NO3S/c1-18(2)16(19)17(20,22)14-8-10-15(11-9-14)21-12-13-6-4-3-5-7-13/h3-11,20,22H,12H2,1-2H3. The lowest BCUT2D eigenvalue weighted by Gasteiger charge is -2.25. The van der Waals surface area contributed by atoms with Gasteiger partial charge < -0.3 is 14.7 Å². The highest BCUT2D eigenvalue weighted by Crippen LogP contribution is 2.28. The molecule has 0 aliphatic carbocycles. The van der Waals surface area contributed by atoms with Crippen molar-refractivity contribution in [3.8, 4) is 5.75 Å². The van der Waals surface area contributed by atoms with Crippen LogP contribution in [0.1, 0.15) is 11.1 Å². The second-order valence-electron chi connectivity index (χ2n) is 5.17. The van der Waals surface area contributed by atoms with Gasteiger partial charge in [-0.3, -0.25) is 4.79 Å². The molecular weight excluding hydrogens is 298 g/mol. The third kappa shape index (κ3) is 3.81. The Labute approximate surface area is 135 Å². The number of benzene rings is 2. The van der Waals surface area contributed by atoms with E-state index in [0.29, 0.717) is 17.9 Å². The number of hydrogen-bond donors (Lipinski definition) is 2. The number of amides is 1. The summed E-state index contributed by atoms with van der Waals surface area (Å²) in [5, 5.41) is 10.3. The minimum Gasteiger partial charge on any atom is -0.489 e. The molecular formula is C17H19NO3S. The average molecular weight is 317 g/mol. The van der Waals surface area contributed by atoms with Crippen LogP contribution in [0.3, 0.4) is 0 Å². The maximum Gasteiger partial charge on any atom is 0.269 e. The summed E-state index contributed by atoms with van der Waals surface area (Å²) in [7, 11) is 3.14. The predicted molar refractivity (Wildman–Crippen MR) is 88.8 cm³/mol. The Morgan fingerprint density at radius 2 is 1.73 bits per heavy atom. The van der Waals surface area contributed by atoms with E-state index in [1.54, 1.807) is 38.4 Å². The summed E-state index contributed by atoms with van der Waals surface area (Å²) in [6.07, 6.45) is 0. The molecule has 116 valence electrons. The molecule has 1 N–H and O–H groups in total. The van der Waals surface area contributed by atoms with Crippen LogP contribution in [0.4, 0.5) is 0 Å². The Kier molecular flexibility index (Phi) is 5.11. The molecule has 5 heteroatoms. The van der Waals surface area contributed by atoms with Gasteiger partial charge in [0.05, 0.1) is 0 Å². The zero-order chi connectivity index (χ0) is 16.2. The molecule has 0 spiro atoms. The number of ether oxygens (including phenoxy) is 1. The van der Waals surface area contributed by atoms with E-state index in [1.165, 1.54) is 4.90 Å². The first-order valence-corrected chi connectivity index (χ1v) is 7.29. The molecule has 0 saturated carbocycles. The van der Waals surface area contributed by atoms with E-state index in [1.807, 2.05) is 30.3 Å². The van der Waals surface area contributed by atoms with Crippen LogP contribution < -0.4 is 4.74 Å². The van der Waals surface area contributed by atoms with Crippen LogP contribution in [0.25, 0.3) is 0 Å². The molecule has 2 rings (SSSR count). The molecule has 2 aromatic carbocycles. The zero-order valence-electron chi connectivity index (χ0n) is 12.6. The third-order valence-electron chi connectivity index (χ3n) is 3.21. The fourth-order valence-corrected chi connectivity index (χ4v) is 2.31. The largest absolute Gasteiger partial charge is 0.489 e. The predicted octanol–water partition coefficient (Wildman–Crippen LogP) is 2.43. The van der Waals surface area contributed by atoms with Crippen LogP contribution >= 0.6 is 12.6 Å². The first-order valence-electron chi connectivity index (χ1n) is 6.85. The molecule has 0 heterocycles. The van der Waals surface area contributed by atoms with E-state index in [0.717, 1.165) is 5.56 Å². The molecule has 2 aromatic rings. The number of likely N-dealkylation sites (N-methyl/N-ethyl adjacent to an activating group) is 1. The zero-order valence-corrected chi connectivity index (χ0v) is 13.5. The summed E-state index contributed by atoms with van der Waals surface area (Å²) in [5.74, 6) is 0.169. The summed E-state index contributed by atoms with van der Waals surface area (Å²) in [6.45, 7) is 0.460. The Morgan fingerprint density at radius 1 is 1.14 bits per heavy atom. The van der Waals surface area contributed by atoms with Crippen LogP contribution in [0.15, 0.2) is 54.6 Å². The van der Waals surface area contributed by atoms with Crippen molar-refractivity contribution in [2.75, 3.05) is 14.1 Å². The minimum absolute atomic E-state index is 0.404. The lowest BCUT2D eigenvalue weighted by Crippen LogP contribution is -2.39. The van der Waals surface area contributed by atoms with Gasteiger partial charge in [-0.25, -0.2) is 0 Å². The van der Waals surface area contributed by atoms with E-state index in [2.05, 4.69) is 12.6 Å². The fourth-order valence-electron chi connectivity index (χ4n) is 1.96. The Bertz CT molecular complexity index is 624. The van der Waals surface area contributed by atoms with Crippen LogP contribution in [0.2, 0.25) is 0 Å². The van der Waals surface area contributed by atoms with Crippen molar-refractivity contribution in [3.63, 3.8) is 0 Å². The SMILES string of the molecule is CN(C)C(=O)C(O)(S)c1ccc(OCc2ccccc2)cc1. The molecule has 0 radical (unpaired) electrons. The molecule has 0 bridgehead atoms. The minimum atomic E-state index is -1.85. The maximum absolute atomic E-state index is 11.9. The molecule has 0 saturated heterocycles. The number of thiol groups is 1. The van der Waals surface area contributed by atoms with Gasteiger partial charge in [0, 0.05) is 19.7 Å². The maximum atomic E-state index is 11.9. The Morgan fingerprint density at radius 3 is 2.27 bits per heavy atom. The third-order valence-corrected chi connectivity index (χ3v) is 3.66. The molecule has 1 unspecified atom stereocenters. The second-order valence-corrected chi connectivity index (χ2v) is 5.82. The molecule has 0 aliphatic heterocycles. The number of rotatable bonds is 5. The van der Waals surface area contributed by atoms with Gasteiger partial charge >= 0.3 is 0 Å². The first-order chi connectivity index (χ1) is 10.4. The summed E-state index contributed by atoms with van der Waals surface area (Å²) in [5.41, 5.74) is 1.47. The van der Waals surface area contributed by atoms with E-state index in [4.69, 9.17) is 4.74 Å². The van der Waals surface area contributed by atoms with Crippen LogP contribution in [-0.4, -0.2) is 30.0 Å². The highest BCUT2D eigenvalue weighted by atomic mass is 32.1. The second kappa shape index (κ2) is 6.85. The molecule has 0 aliphatic rings. The van der Waals surface area contributed by atoms with Crippen LogP contribution in [-0.2, 0) is 16.3 Å². The molecule has 0 aromatic heterocycles. The number of hydrogen-bond acceptors (Lipinski definition) is 4. The van der Waals surface area contributed by atoms with Crippen molar-refractivity contribution in [2.45, 2.75) is 11.5 Å². The van der Waals surface area contributed by atoms with Crippen molar-refractivity contribution in [1.29, 1.82) is 0 Å². The summed E-state index contributed by atoms with van der Waals surface area (Å²) in [6, 6.07) is 16.5. The molecule has 1 amide bonds. The van der Waals surface area contributed by atoms with Crippen molar-refractivity contribution < 1.29 is 14.6 Å². The van der Waals surface area contributed by atoms with Gasteiger partial charge in [-0.2, -0.15) is 0 Å². The highest BCUT2D eigenvalue weighted by Gasteiger charge is 2.35. The van der Waals surface area contributed by atoms with E-state index in [9.17, 15) is 9.90 Å². The number of nitrogens with zero attached hydrogens (tertiary/aromatic N) is 1. The van der Waals surface area contributed by atoms with E-state index < -0.39 is 10.8 Å². The van der Waals surface area contributed by atoms with Gasteiger partial charge in [-0.15, -0.1) is 12.6 Å². The topological polar surface area (TPSA) is 49.8 Å². The summed E-state index contributed by atoms with van der Waals surface area (Å²) >= 11 is 4.08. The first kappa shape index (κ1) is 16.4. The van der Waals surface area contributed by atoms with Crippen molar-refractivity contribution in [1.82, 2.24) is 4.90 Å². The normalized spacial score (nSPS) is 13.3.